The highest BCUT2D eigenvalue weighted by Gasteiger charge is 2.31. The second-order valence-electron chi connectivity index (χ2n) is 10.8. The van der Waals surface area contributed by atoms with E-state index in [0.717, 1.165) is 28.8 Å². The van der Waals surface area contributed by atoms with Gasteiger partial charge in [0.25, 0.3) is 15.9 Å². The largest absolute Gasteiger partial charge is 0.484 e. The summed E-state index contributed by atoms with van der Waals surface area (Å²) in [7, 11) is -3.96. The molecule has 1 atom stereocenters. The van der Waals surface area contributed by atoms with Crippen LogP contribution in [-0.4, -0.2) is 42.8 Å². The summed E-state index contributed by atoms with van der Waals surface area (Å²) in [6.45, 7) is -0.0964. The van der Waals surface area contributed by atoms with Gasteiger partial charge in [-0.25, -0.2) is 12.8 Å². The van der Waals surface area contributed by atoms with Crippen molar-refractivity contribution in [2.75, 3.05) is 11.3 Å². The summed E-state index contributed by atoms with van der Waals surface area (Å²) in [6.07, 6.45) is 3.55. The molecule has 5 rings (SSSR count). The van der Waals surface area contributed by atoms with Crippen LogP contribution in [0.2, 0.25) is 5.02 Å². The smallest absolute Gasteiger partial charge is 0.261 e. The molecule has 12 heteroatoms. The van der Waals surface area contributed by atoms with Gasteiger partial charge in [-0.3, -0.25) is 19.3 Å². The Morgan fingerprint density at radius 2 is 1.52 bits per heavy atom. The minimum absolute atomic E-state index is 0.0527. The molecule has 0 unspecified atom stereocenters. The quantitative estimate of drug-likeness (QED) is 0.148. The lowest BCUT2D eigenvalue weighted by Gasteiger charge is -2.31. The Bertz CT molecular complexity index is 1910. The van der Waals surface area contributed by atoms with Crippen LogP contribution in [0, 0.1) is 5.82 Å². The van der Waals surface area contributed by atoms with E-state index in [-0.39, 0.29) is 41.7 Å². The number of benzene rings is 4. The summed E-state index contributed by atoms with van der Waals surface area (Å²) in [5, 5.41) is 3.48. The zero-order valence-corrected chi connectivity index (χ0v) is 27.2. The molecule has 4 aromatic carbocycles. The molecule has 5 aromatic rings. The van der Waals surface area contributed by atoms with Crippen molar-refractivity contribution in [3.05, 3.63) is 155 Å². The summed E-state index contributed by atoms with van der Waals surface area (Å²) >= 11 is 6.11. The number of nitrogens with zero attached hydrogens (tertiary/aromatic N) is 2. The number of hydrogen-bond acceptors (Lipinski definition) is 6. The van der Waals surface area contributed by atoms with Gasteiger partial charge in [0.15, 0.2) is 6.61 Å². The fourth-order valence-electron chi connectivity index (χ4n) is 4.83. The van der Waals surface area contributed by atoms with E-state index >= 15 is 0 Å². The van der Waals surface area contributed by atoms with Crippen molar-refractivity contribution in [2.24, 2.45) is 0 Å². The first-order chi connectivity index (χ1) is 23.2. The topological polar surface area (TPSA) is 118 Å². The molecule has 0 aliphatic rings. The summed E-state index contributed by atoms with van der Waals surface area (Å²) in [5.41, 5.74) is 2.63. The predicted octanol–water partition coefficient (Wildman–Crippen LogP) is 6.01. The number of carbonyl (C=O) groups is 2. The molecular formula is C36H32ClFN4O5S. The second kappa shape index (κ2) is 16.0. The van der Waals surface area contributed by atoms with Crippen molar-refractivity contribution in [3.63, 3.8) is 0 Å². The molecule has 0 aliphatic heterocycles. The average molecular weight is 687 g/mol. The molecule has 0 saturated heterocycles. The highest BCUT2D eigenvalue weighted by molar-refractivity contribution is 7.92. The SMILES string of the molecule is O=C(NCc1cccnc1)[C@@H](Cc1ccccc1)N(Cc1ccc(Cl)cc1)C(=O)COc1ccc(S(=O)(=O)Nc2ccc(F)cc2)cc1. The summed E-state index contributed by atoms with van der Waals surface area (Å²) in [6, 6.07) is 29.6. The summed E-state index contributed by atoms with van der Waals surface area (Å²) in [5.74, 6) is -1.06. The van der Waals surface area contributed by atoms with Crippen LogP contribution in [0.25, 0.3) is 0 Å². The van der Waals surface area contributed by atoms with Gasteiger partial charge in [0.1, 0.15) is 17.6 Å². The van der Waals surface area contributed by atoms with Crippen LogP contribution in [0.1, 0.15) is 16.7 Å². The van der Waals surface area contributed by atoms with E-state index in [2.05, 4.69) is 15.0 Å². The number of amides is 2. The lowest BCUT2D eigenvalue weighted by atomic mass is 10.0. The maximum absolute atomic E-state index is 13.9. The van der Waals surface area contributed by atoms with Crippen molar-refractivity contribution < 1.29 is 27.1 Å². The second-order valence-corrected chi connectivity index (χ2v) is 12.9. The number of rotatable bonds is 14. The van der Waals surface area contributed by atoms with E-state index in [1.807, 2.05) is 36.4 Å². The van der Waals surface area contributed by atoms with E-state index < -0.39 is 34.4 Å². The molecule has 9 nitrogen and oxygen atoms in total. The molecule has 1 heterocycles. The Kier molecular flexibility index (Phi) is 11.4. The van der Waals surface area contributed by atoms with Gasteiger partial charge in [-0.1, -0.05) is 60.1 Å². The minimum atomic E-state index is -3.96. The zero-order chi connectivity index (χ0) is 33.9. The van der Waals surface area contributed by atoms with Gasteiger partial charge in [-0.2, -0.15) is 0 Å². The first-order valence-electron chi connectivity index (χ1n) is 14.9. The summed E-state index contributed by atoms with van der Waals surface area (Å²) < 4.78 is 47.1. The molecular weight excluding hydrogens is 655 g/mol. The summed E-state index contributed by atoms with van der Waals surface area (Å²) in [4.78, 5) is 33.2. The molecule has 0 aliphatic carbocycles. The number of ether oxygens (including phenoxy) is 1. The fourth-order valence-corrected chi connectivity index (χ4v) is 6.01. The van der Waals surface area contributed by atoms with E-state index in [1.54, 1.807) is 42.7 Å². The maximum atomic E-state index is 13.9. The van der Waals surface area contributed by atoms with Gasteiger partial charge in [0.2, 0.25) is 5.91 Å². The molecule has 0 fully saturated rings. The highest BCUT2D eigenvalue weighted by atomic mass is 35.5. The maximum Gasteiger partial charge on any atom is 0.261 e. The van der Waals surface area contributed by atoms with Crippen molar-refractivity contribution in [1.29, 1.82) is 0 Å². The molecule has 0 saturated carbocycles. The number of aromatic nitrogens is 1. The Morgan fingerprint density at radius 3 is 2.19 bits per heavy atom. The lowest BCUT2D eigenvalue weighted by Crippen LogP contribution is -2.51. The molecule has 0 spiro atoms. The van der Waals surface area contributed by atoms with Gasteiger partial charge in [-0.05, 0) is 83.4 Å². The Labute approximate surface area is 283 Å². The standard InChI is InChI=1S/C36H32ClFN4O5S/c37-29-10-8-27(9-11-29)24-42(34(21-26-5-2-1-3-6-26)36(44)40-23-28-7-4-20-39-22-28)35(43)25-47-32-16-18-33(19-17-32)48(45,46)41-31-14-12-30(38)13-15-31/h1-20,22,34,41H,21,23-25H2,(H,40,44)/t34-/m1/s1. The third-order valence-electron chi connectivity index (χ3n) is 7.32. The van der Waals surface area contributed by atoms with Crippen LogP contribution in [0.15, 0.2) is 133 Å². The van der Waals surface area contributed by atoms with Crippen LogP contribution < -0.4 is 14.8 Å². The zero-order valence-electron chi connectivity index (χ0n) is 25.6. The Hall–Kier alpha value is -5.26. The third kappa shape index (κ3) is 9.63. The van der Waals surface area contributed by atoms with Gasteiger partial charge in [-0.15, -0.1) is 0 Å². The van der Waals surface area contributed by atoms with E-state index in [1.165, 1.54) is 41.3 Å². The molecule has 48 heavy (non-hydrogen) atoms. The minimum Gasteiger partial charge on any atom is -0.484 e. The van der Waals surface area contributed by atoms with Crippen LogP contribution in [-0.2, 0) is 39.1 Å². The molecule has 0 radical (unpaired) electrons. The molecule has 1 aromatic heterocycles. The number of carbonyl (C=O) groups excluding carboxylic acids is 2. The Balaban J connectivity index is 1.34. The lowest BCUT2D eigenvalue weighted by molar-refractivity contribution is -0.142. The van der Waals surface area contributed by atoms with E-state index in [0.29, 0.717) is 5.02 Å². The van der Waals surface area contributed by atoms with Gasteiger partial charge in [0, 0.05) is 42.6 Å². The fraction of sp³-hybridized carbons (Fsp3) is 0.139. The average Bonchev–Trinajstić information content (AvgIpc) is 3.10. The van der Waals surface area contributed by atoms with Crippen molar-refractivity contribution in [1.82, 2.24) is 15.2 Å². The van der Waals surface area contributed by atoms with E-state index in [4.69, 9.17) is 16.3 Å². The first kappa shape index (κ1) is 34.1. The number of hydrogen-bond donors (Lipinski definition) is 2. The normalized spacial score (nSPS) is 11.7. The van der Waals surface area contributed by atoms with Crippen LogP contribution in [0.5, 0.6) is 5.75 Å². The van der Waals surface area contributed by atoms with Gasteiger partial charge in [0.05, 0.1) is 4.90 Å². The van der Waals surface area contributed by atoms with E-state index in [9.17, 15) is 22.4 Å². The molecule has 246 valence electrons. The van der Waals surface area contributed by atoms with Gasteiger partial charge < -0.3 is 15.0 Å². The Morgan fingerprint density at radius 1 is 0.833 bits per heavy atom. The van der Waals surface area contributed by atoms with Crippen LogP contribution in [0.3, 0.4) is 0 Å². The van der Waals surface area contributed by atoms with Crippen molar-refractivity contribution >= 4 is 39.1 Å². The highest BCUT2D eigenvalue weighted by Crippen LogP contribution is 2.21. The number of pyridine rings is 1. The number of anilines is 1. The predicted molar refractivity (Wildman–Crippen MR) is 181 cm³/mol. The third-order valence-corrected chi connectivity index (χ3v) is 8.97. The monoisotopic (exact) mass is 686 g/mol. The number of sulfonamides is 1. The molecule has 2 N–H and O–H groups in total. The number of halogens is 2. The van der Waals surface area contributed by atoms with Crippen molar-refractivity contribution in [3.8, 4) is 5.75 Å². The number of nitrogens with one attached hydrogen (secondary N) is 2. The molecule has 0 bridgehead atoms. The van der Waals surface area contributed by atoms with Crippen LogP contribution >= 0.6 is 11.6 Å². The van der Waals surface area contributed by atoms with Crippen molar-refractivity contribution in [2.45, 2.75) is 30.4 Å². The first-order valence-corrected chi connectivity index (χ1v) is 16.8. The van der Waals surface area contributed by atoms with Gasteiger partial charge >= 0.3 is 0 Å². The molecule has 2 amide bonds. The van der Waals surface area contributed by atoms with Crippen LogP contribution in [0.4, 0.5) is 10.1 Å².